The van der Waals surface area contributed by atoms with Crippen molar-refractivity contribution in [3.05, 3.63) is 50.9 Å². The molecule has 0 aliphatic heterocycles. The molecule has 2 aromatic rings. The van der Waals surface area contributed by atoms with E-state index in [0.29, 0.717) is 6.04 Å². The maximum Gasteiger partial charge on any atom is 0.0795 e. The number of nitrogens with one attached hydrogen (secondary N) is 1. The summed E-state index contributed by atoms with van der Waals surface area (Å²) in [6.07, 6.45) is 1.08. The lowest BCUT2D eigenvalue weighted by Gasteiger charge is -2.23. The van der Waals surface area contributed by atoms with Gasteiger partial charge in [-0.15, -0.1) is 11.3 Å². The zero-order chi connectivity index (χ0) is 15.1. The molecule has 114 valence electrons. The SMILES string of the molecule is CCNC(CCN(C)Cc1cscn1)c1ccccc1Br. The highest BCUT2D eigenvalue weighted by Gasteiger charge is 2.14. The first kappa shape index (κ1) is 16.6. The lowest BCUT2D eigenvalue weighted by molar-refractivity contribution is 0.298. The first-order valence-electron chi connectivity index (χ1n) is 7.24. The number of benzene rings is 1. The minimum Gasteiger partial charge on any atom is -0.310 e. The maximum absolute atomic E-state index is 4.35. The fourth-order valence-corrected chi connectivity index (χ4v) is 3.50. The van der Waals surface area contributed by atoms with Gasteiger partial charge in [0, 0.05) is 29.0 Å². The molecule has 0 saturated heterocycles. The Kier molecular flexibility index (Phi) is 6.83. The molecule has 0 bridgehead atoms. The number of aromatic nitrogens is 1. The van der Waals surface area contributed by atoms with Gasteiger partial charge >= 0.3 is 0 Å². The molecule has 0 aliphatic rings. The molecule has 5 heteroatoms. The first-order valence-corrected chi connectivity index (χ1v) is 8.97. The van der Waals surface area contributed by atoms with E-state index >= 15 is 0 Å². The molecule has 0 amide bonds. The molecular formula is C16H22BrN3S. The molecular weight excluding hydrogens is 346 g/mol. The van der Waals surface area contributed by atoms with E-state index in [9.17, 15) is 0 Å². The predicted octanol–water partition coefficient (Wildman–Crippen LogP) is 4.08. The van der Waals surface area contributed by atoms with Crippen molar-refractivity contribution in [2.45, 2.75) is 25.9 Å². The van der Waals surface area contributed by atoms with Crippen LogP contribution in [-0.2, 0) is 6.54 Å². The van der Waals surface area contributed by atoms with Gasteiger partial charge in [-0.3, -0.25) is 0 Å². The molecule has 0 fully saturated rings. The van der Waals surface area contributed by atoms with Gasteiger partial charge in [-0.2, -0.15) is 0 Å². The third kappa shape index (κ3) is 5.18. The second-order valence-corrected chi connectivity index (χ2v) is 6.71. The Labute approximate surface area is 139 Å². The van der Waals surface area contributed by atoms with Crippen LogP contribution in [0.15, 0.2) is 39.6 Å². The van der Waals surface area contributed by atoms with Crippen LogP contribution < -0.4 is 5.32 Å². The van der Waals surface area contributed by atoms with Crippen molar-refractivity contribution in [3.63, 3.8) is 0 Å². The van der Waals surface area contributed by atoms with Crippen molar-refractivity contribution in [2.75, 3.05) is 20.1 Å². The Hall–Kier alpha value is -0.750. The van der Waals surface area contributed by atoms with Gasteiger partial charge in [0.05, 0.1) is 11.2 Å². The molecule has 0 aliphatic carbocycles. The van der Waals surface area contributed by atoms with Gasteiger partial charge in [-0.1, -0.05) is 41.1 Å². The molecule has 2 rings (SSSR count). The van der Waals surface area contributed by atoms with E-state index in [1.807, 2.05) is 5.51 Å². The van der Waals surface area contributed by atoms with E-state index in [-0.39, 0.29) is 0 Å². The molecule has 0 radical (unpaired) electrons. The quantitative estimate of drug-likeness (QED) is 0.761. The van der Waals surface area contributed by atoms with Crippen molar-refractivity contribution >= 4 is 27.3 Å². The largest absolute Gasteiger partial charge is 0.310 e. The molecule has 21 heavy (non-hydrogen) atoms. The Balaban J connectivity index is 1.92. The van der Waals surface area contributed by atoms with Crippen molar-refractivity contribution in [1.29, 1.82) is 0 Å². The van der Waals surface area contributed by atoms with Crippen molar-refractivity contribution in [3.8, 4) is 0 Å². The minimum absolute atomic E-state index is 0.378. The Morgan fingerprint density at radius 2 is 2.19 bits per heavy atom. The highest BCUT2D eigenvalue weighted by Crippen LogP contribution is 2.25. The summed E-state index contributed by atoms with van der Waals surface area (Å²) in [5.74, 6) is 0. The summed E-state index contributed by atoms with van der Waals surface area (Å²) in [5.41, 5.74) is 4.39. The van der Waals surface area contributed by atoms with Gasteiger partial charge < -0.3 is 10.2 Å². The summed E-state index contributed by atoms with van der Waals surface area (Å²) in [5, 5.41) is 5.70. The summed E-state index contributed by atoms with van der Waals surface area (Å²) < 4.78 is 1.18. The van der Waals surface area contributed by atoms with Crippen LogP contribution in [0.5, 0.6) is 0 Å². The Morgan fingerprint density at radius 3 is 2.86 bits per heavy atom. The predicted molar refractivity (Wildman–Crippen MR) is 93.6 cm³/mol. The average molecular weight is 368 g/mol. The first-order chi connectivity index (χ1) is 10.2. The average Bonchev–Trinajstić information content (AvgIpc) is 2.97. The molecule has 1 heterocycles. The standard InChI is InChI=1S/C16H22BrN3S/c1-3-18-16(14-6-4-5-7-15(14)17)8-9-20(2)10-13-11-21-12-19-13/h4-7,11-12,16,18H,3,8-10H2,1-2H3. The third-order valence-electron chi connectivity index (χ3n) is 3.45. The van der Waals surface area contributed by atoms with Crippen LogP contribution in [0.3, 0.4) is 0 Å². The zero-order valence-corrected chi connectivity index (χ0v) is 15.0. The van der Waals surface area contributed by atoms with E-state index < -0.39 is 0 Å². The van der Waals surface area contributed by atoms with Gasteiger partial charge in [0.25, 0.3) is 0 Å². The van der Waals surface area contributed by atoms with Crippen LogP contribution in [0.4, 0.5) is 0 Å². The molecule has 1 aromatic heterocycles. The highest BCUT2D eigenvalue weighted by atomic mass is 79.9. The van der Waals surface area contributed by atoms with Gasteiger partial charge in [0.1, 0.15) is 0 Å². The zero-order valence-electron chi connectivity index (χ0n) is 12.6. The second-order valence-electron chi connectivity index (χ2n) is 5.14. The Morgan fingerprint density at radius 1 is 1.38 bits per heavy atom. The molecule has 1 unspecified atom stereocenters. The number of hydrogen-bond acceptors (Lipinski definition) is 4. The van der Waals surface area contributed by atoms with Crippen LogP contribution in [0.1, 0.15) is 30.6 Å². The summed E-state index contributed by atoms with van der Waals surface area (Å²) in [7, 11) is 2.16. The van der Waals surface area contributed by atoms with Crippen molar-refractivity contribution in [1.82, 2.24) is 15.2 Å². The number of nitrogens with zero attached hydrogens (tertiary/aromatic N) is 2. The topological polar surface area (TPSA) is 28.2 Å². The number of hydrogen-bond donors (Lipinski definition) is 1. The molecule has 0 saturated carbocycles. The Bertz CT molecular complexity index is 530. The number of rotatable bonds is 8. The van der Waals surface area contributed by atoms with Crippen molar-refractivity contribution in [2.24, 2.45) is 0 Å². The summed E-state index contributed by atoms with van der Waals surface area (Å²) in [4.78, 5) is 6.68. The smallest absolute Gasteiger partial charge is 0.0795 e. The second kappa shape index (κ2) is 8.63. The summed E-state index contributed by atoms with van der Waals surface area (Å²) in [6, 6.07) is 8.84. The molecule has 3 nitrogen and oxygen atoms in total. The van der Waals surface area contributed by atoms with Crippen LogP contribution in [0.2, 0.25) is 0 Å². The fourth-order valence-electron chi connectivity index (χ4n) is 2.39. The monoisotopic (exact) mass is 367 g/mol. The van der Waals surface area contributed by atoms with Gasteiger partial charge in [-0.05, 0) is 31.6 Å². The third-order valence-corrected chi connectivity index (χ3v) is 4.80. The van der Waals surface area contributed by atoms with E-state index in [0.717, 1.165) is 31.7 Å². The molecule has 0 spiro atoms. The lowest BCUT2D eigenvalue weighted by atomic mass is 10.0. The van der Waals surface area contributed by atoms with Crippen LogP contribution in [-0.4, -0.2) is 30.0 Å². The summed E-state index contributed by atoms with van der Waals surface area (Å²) >= 11 is 5.32. The molecule has 1 aromatic carbocycles. The highest BCUT2D eigenvalue weighted by molar-refractivity contribution is 9.10. The van der Waals surface area contributed by atoms with E-state index in [1.54, 1.807) is 11.3 Å². The van der Waals surface area contributed by atoms with Gasteiger partial charge in [0.15, 0.2) is 0 Å². The van der Waals surface area contributed by atoms with Gasteiger partial charge in [-0.25, -0.2) is 4.98 Å². The minimum atomic E-state index is 0.378. The normalized spacial score (nSPS) is 12.8. The number of thiazole rings is 1. The fraction of sp³-hybridized carbons (Fsp3) is 0.438. The molecule has 1 N–H and O–H groups in total. The lowest BCUT2D eigenvalue weighted by Crippen LogP contribution is -2.27. The maximum atomic E-state index is 4.35. The van der Waals surface area contributed by atoms with Crippen LogP contribution >= 0.6 is 27.3 Å². The van der Waals surface area contributed by atoms with E-state index in [1.165, 1.54) is 10.0 Å². The van der Waals surface area contributed by atoms with Crippen LogP contribution in [0.25, 0.3) is 0 Å². The van der Waals surface area contributed by atoms with E-state index in [2.05, 4.69) is 74.7 Å². The summed E-state index contributed by atoms with van der Waals surface area (Å²) in [6.45, 7) is 5.08. The number of halogens is 1. The van der Waals surface area contributed by atoms with Crippen molar-refractivity contribution < 1.29 is 0 Å². The molecule has 1 atom stereocenters. The van der Waals surface area contributed by atoms with E-state index in [4.69, 9.17) is 0 Å². The van der Waals surface area contributed by atoms with Gasteiger partial charge in [0.2, 0.25) is 0 Å². The van der Waals surface area contributed by atoms with Crippen LogP contribution in [0, 0.1) is 0 Å².